The lowest BCUT2D eigenvalue weighted by Gasteiger charge is -2.12. The molecule has 0 fully saturated rings. The molecule has 2 heterocycles. The lowest BCUT2D eigenvalue weighted by Crippen LogP contribution is -2.14. The van der Waals surface area contributed by atoms with Crippen LogP contribution in [0.2, 0.25) is 0 Å². The van der Waals surface area contributed by atoms with Crippen molar-refractivity contribution < 1.29 is 26.9 Å². The molecular weight excluding hydrogens is 388 g/mol. The van der Waals surface area contributed by atoms with Crippen molar-refractivity contribution in [3.05, 3.63) is 42.1 Å². The number of nitrogens with zero attached hydrogens (tertiary/aromatic N) is 3. The maximum atomic E-state index is 12.4. The Kier molecular flexibility index (Phi) is 5.85. The number of aromatic nitrogens is 4. The molecule has 0 amide bonds. The molecule has 10 nitrogen and oxygen atoms in total. The maximum absolute atomic E-state index is 12.4. The van der Waals surface area contributed by atoms with E-state index in [0.29, 0.717) is 23.3 Å². The fourth-order valence-electron chi connectivity index (χ4n) is 2.25. The molecule has 0 radical (unpaired) electrons. The number of benzene rings is 1. The molecule has 1 N–H and O–H groups in total. The van der Waals surface area contributed by atoms with E-state index in [0.717, 1.165) is 11.8 Å². The summed E-state index contributed by atoms with van der Waals surface area (Å²) in [6, 6.07) is 5.10. The molecule has 3 rings (SSSR count). The van der Waals surface area contributed by atoms with E-state index in [9.17, 15) is 13.2 Å². The molecule has 0 aliphatic carbocycles. The number of esters is 1. The van der Waals surface area contributed by atoms with Crippen LogP contribution in [-0.4, -0.2) is 53.8 Å². The number of aryl methyl sites for hydroxylation is 1. The molecule has 0 spiro atoms. The monoisotopic (exact) mass is 406 g/mol. The van der Waals surface area contributed by atoms with Gasteiger partial charge in [0.1, 0.15) is 5.52 Å². The predicted molar refractivity (Wildman–Crippen MR) is 98.7 cm³/mol. The zero-order valence-electron chi connectivity index (χ0n) is 15.2. The van der Waals surface area contributed by atoms with Gasteiger partial charge in [-0.05, 0) is 24.6 Å². The molecule has 0 atom stereocenters. The quantitative estimate of drug-likeness (QED) is 0.256. The van der Waals surface area contributed by atoms with Crippen molar-refractivity contribution in [3.8, 4) is 11.5 Å². The molecule has 0 aliphatic rings. The predicted octanol–water partition coefficient (Wildman–Crippen LogP) is 1.63. The Morgan fingerprint density at radius 3 is 2.79 bits per heavy atom. The van der Waals surface area contributed by atoms with Gasteiger partial charge in [0, 0.05) is 6.42 Å². The van der Waals surface area contributed by atoms with Gasteiger partial charge in [-0.25, -0.2) is 19.7 Å². The molecule has 0 saturated carbocycles. The van der Waals surface area contributed by atoms with Gasteiger partial charge >= 0.3 is 5.97 Å². The van der Waals surface area contributed by atoms with E-state index < -0.39 is 16.1 Å². The third-order valence-corrected chi connectivity index (χ3v) is 4.10. The number of H-pyrrole nitrogens is 1. The Balaban J connectivity index is 1.67. The summed E-state index contributed by atoms with van der Waals surface area (Å²) in [6.45, 7) is 2.02. The Hall–Kier alpha value is -3.05. The third kappa shape index (κ3) is 5.24. The number of ether oxygens (including phenoxy) is 2. The number of hydrogen-bond acceptors (Lipinski definition) is 9. The maximum Gasteiger partial charge on any atom is 0.381 e. The van der Waals surface area contributed by atoms with E-state index in [1.807, 2.05) is 6.92 Å². The third-order valence-electron chi connectivity index (χ3n) is 3.50. The highest BCUT2D eigenvalue weighted by Gasteiger charge is 2.17. The highest BCUT2D eigenvalue weighted by Crippen LogP contribution is 2.29. The standard InChI is InChI=1S/C17H18N4O6S/c1-11-4-5-13(25-6-3-7-26-28(2,23)24)14(8-11)27-17(22)16-18-9-12-15(21-16)20-10-19-12/h4-5,8-10H,3,6-7H2,1-2H3,(H,18,19,20,21). The van der Waals surface area contributed by atoms with Crippen molar-refractivity contribution in [3.63, 3.8) is 0 Å². The summed E-state index contributed by atoms with van der Waals surface area (Å²) in [7, 11) is -3.49. The van der Waals surface area contributed by atoms with Gasteiger partial charge < -0.3 is 14.5 Å². The second-order valence-electron chi connectivity index (χ2n) is 5.90. The minimum absolute atomic E-state index is 0.00264. The van der Waals surface area contributed by atoms with E-state index in [1.165, 1.54) is 12.5 Å². The number of nitrogens with one attached hydrogen (secondary N) is 1. The van der Waals surface area contributed by atoms with Crippen molar-refractivity contribution in [1.82, 2.24) is 19.9 Å². The fraction of sp³-hybridized carbons (Fsp3) is 0.294. The average molecular weight is 406 g/mol. The van der Waals surface area contributed by atoms with Crippen LogP contribution in [0.3, 0.4) is 0 Å². The van der Waals surface area contributed by atoms with Crippen LogP contribution in [0.5, 0.6) is 11.5 Å². The van der Waals surface area contributed by atoms with Gasteiger partial charge in [-0.1, -0.05) is 6.07 Å². The molecule has 28 heavy (non-hydrogen) atoms. The summed E-state index contributed by atoms with van der Waals surface area (Å²) in [6.07, 6.45) is 4.22. The lowest BCUT2D eigenvalue weighted by molar-refractivity contribution is 0.0715. The largest absolute Gasteiger partial charge is 0.490 e. The van der Waals surface area contributed by atoms with Crippen LogP contribution < -0.4 is 9.47 Å². The average Bonchev–Trinajstić information content (AvgIpc) is 3.09. The molecular formula is C17H18N4O6S. The molecule has 11 heteroatoms. The molecule has 0 aliphatic heterocycles. The minimum atomic E-state index is -3.49. The number of imidazole rings is 1. The molecule has 148 valence electrons. The van der Waals surface area contributed by atoms with Crippen LogP contribution in [0.4, 0.5) is 0 Å². The van der Waals surface area contributed by atoms with Crippen LogP contribution >= 0.6 is 0 Å². The van der Waals surface area contributed by atoms with E-state index in [-0.39, 0.29) is 24.8 Å². The van der Waals surface area contributed by atoms with Crippen LogP contribution in [0.1, 0.15) is 22.6 Å². The molecule has 0 saturated heterocycles. The number of carbonyl (C=O) groups excluding carboxylic acids is 1. The van der Waals surface area contributed by atoms with Crippen LogP contribution in [0, 0.1) is 6.92 Å². The summed E-state index contributed by atoms with van der Waals surface area (Å²) in [4.78, 5) is 27.2. The Bertz CT molecular complexity index is 1100. The molecule has 2 aromatic heterocycles. The van der Waals surface area contributed by atoms with Gasteiger partial charge in [-0.3, -0.25) is 4.18 Å². The highest BCUT2D eigenvalue weighted by atomic mass is 32.2. The first-order valence-corrected chi connectivity index (χ1v) is 10.1. The van der Waals surface area contributed by atoms with Crippen LogP contribution in [-0.2, 0) is 14.3 Å². The topological polar surface area (TPSA) is 133 Å². The summed E-state index contributed by atoms with van der Waals surface area (Å²) >= 11 is 0. The number of hydrogen-bond donors (Lipinski definition) is 1. The number of fused-ring (bicyclic) bond motifs is 1. The SMILES string of the molecule is Cc1ccc(OCCCOS(C)(=O)=O)c(OC(=O)c2ncc3[nH]cnc3n2)c1. The summed E-state index contributed by atoms with van der Waals surface area (Å²) < 4.78 is 37.5. The normalized spacial score (nSPS) is 11.5. The molecule has 0 bridgehead atoms. The van der Waals surface area contributed by atoms with Gasteiger partial charge in [-0.2, -0.15) is 8.42 Å². The van der Waals surface area contributed by atoms with Crippen molar-refractivity contribution in [2.45, 2.75) is 13.3 Å². The lowest BCUT2D eigenvalue weighted by atomic mass is 10.2. The van der Waals surface area contributed by atoms with E-state index in [1.54, 1.807) is 18.2 Å². The van der Waals surface area contributed by atoms with E-state index in [2.05, 4.69) is 24.1 Å². The summed E-state index contributed by atoms with van der Waals surface area (Å²) in [5, 5.41) is 0. The first kappa shape index (κ1) is 19.7. The second kappa shape index (κ2) is 8.31. The Morgan fingerprint density at radius 2 is 2.00 bits per heavy atom. The highest BCUT2D eigenvalue weighted by molar-refractivity contribution is 7.85. The summed E-state index contributed by atoms with van der Waals surface area (Å²) in [5.41, 5.74) is 1.82. The van der Waals surface area contributed by atoms with Gasteiger partial charge in [0.05, 0.1) is 32.0 Å². The Labute approximate surface area is 161 Å². The first-order valence-electron chi connectivity index (χ1n) is 8.28. The second-order valence-corrected chi connectivity index (χ2v) is 7.55. The van der Waals surface area contributed by atoms with Crippen molar-refractivity contribution in [2.24, 2.45) is 0 Å². The van der Waals surface area contributed by atoms with Crippen molar-refractivity contribution in [1.29, 1.82) is 0 Å². The van der Waals surface area contributed by atoms with Gasteiger partial charge in [0.2, 0.25) is 5.82 Å². The number of carbonyl (C=O) groups is 1. The number of rotatable bonds is 8. The first-order chi connectivity index (χ1) is 13.3. The molecule has 0 unspecified atom stereocenters. The smallest absolute Gasteiger partial charge is 0.381 e. The fourth-order valence-corrected chi connectivity index (χ4v) is 2.67. The van der Waals surface area contributed by atoms with Gasteiger partial charge in [-0.15, -0.1) is 0 Å². The van der Waals surface area contributed by atoms with Crippen molar-refractivity contribution in [2.75, 3.05) is 19.5 Å². The van der Waals surface area contributed by atoms with E-state index in [4.69, 9.17) is 9.47 Å². The summed E-state index contributed by atoms with van der Waals surface area (Å²) in [5.74, 6) is -0.340. The zero-order chi connectivity index (χ0) is 20.1. The molecule has 1 aromatic carbocycles. The van der Waals surface area contributed by atoms with Crippen LogP contribution in [0.25, 0.3) is 11.2 Å². The van der Waals surface area contributed by atoms with Gasteiger partial charge in [0.25, 0.3) is 10.1 Å². The van der Waals surface area contributed by atoms with E-state index >= 15 is 0 Å². The zero-order valence-corrected chi connectivity index (χ0v) is 16.0. The van der Waals surface area contributed by atoms with Crippen LogP contribution in [0.15, 0.2) is 30.7 Å². The minimum Gasteiger partial charge on any atom is -0.490 e. The van der Waals surface area contributed by atoms with Crippen molar-refractivity contribution >= 4 is 27.3 Å². The molecule has 3 aromatic rings. The number of aromatic amines is 1. The Morgan fingerprint density at radius 1 is 1.18 bits per heavy atom. The van der Waals surface area contributed by atoms with Gasteiger partial charge in [0.15, 0.2) is 17.1 Å².